The molecule has 0 heterocycles. The minimum atomic E-state index is -0.469. The molecule has 0 spiro atoms. The molecule has 0 unspecified atom stereocenters. The lowest BCUT2D eigenvalue weighted by molar-refractivity contribution is -0.384. The van der Waals surface area contributed by atoms with Crippen LogP contribution in [0.3, 0.4) is 0 Å². The largest absolute Gasteiger partial charge is 0.457 e. The lowest BCUT2D eigenvalue weighted by atomic mass is 10.2. The number of alkyl halides is 1. The van der Waals surface area contributed by atoms with E-state index in [1.165, 1.54) is 30.3 Å². The zero-order chi connectivity index (χ0) is 14.7. The molecule has 0 aliphatic heterocycles. The molecule has 0 fully saturated rings. The topological polar surface area (TPSA) is 52.4 Å². The number of benzene rings is 2. The molecule has 0 aliphatic rings. The van der Waals surface area contributed by atoms with E-state index in [0.29, 0.717) is 22.4 Å². The van der Waals surface area contributed by atoms with Crippen molar-refractivity contribution in [2.24, 2.45) is 0 Å². The molecule has 2 rings (SSSR count). The minimum Gasteiger partial charge on any atom is -0.457 e. The van der Waals surface area contributed by atoms with Crippen LogP contribution in [0.2, 0.25) is 0 Å². The second kappa shape index (κ2) is 6.00. The number of halogens is 2. The molecule has 104 valence electrons. The van der Waals surface area contributed by atoms with E-state index in [2.05, 4.69) is 15.9 Å². The lowest BCUT2D eigenvalue weighted by Crippen LogP contribution is -1.95. The Morgan fingerprint density at radius 3 is 2.65 bits per heavy atom. The maximum atomic E-state index is 13.2. The van der Waals surface area contributed by atoms with E-state index in [0.717, 1.165) is 5.56 Å². The van der Waals surface area contributed by atoms with Crippen molar-refractivity contribution in [2.75, 3.05) is 0 Å². The number of ether oxygens (including phenoxy) is 1. The van der Waals surface area contributed by atoms with Crippen LogP contribution in [0.4, 0.5) is 10.1 Å². The maximum absolute atomic E-state index is 13.2. The minimum absolute atomic E-state index is 0.0113. The van der Waals surface area contributed by atoms with Gasteiger partial charge in [-0.1, -0.05) is 22.0 Å². The van der Waals surface area contributed by atoms with E-state index >= 15 is 0 Å². The van der Waals surface area contributed by atoms with Gasteiger partial charge in [0.25, 0.3) is 5.69 Å². The van der Waals surface area contributed by atoms with E-state index in [1.807, 2.05) is 0 Å². The molecule has 0 N–H and O–H groups in total. The van der Waals surface area contributed by atoms with Gasteiger partial charge in [0.15, 0.2) is 0 Å². The fourth-order valence-corrected chi connectivity index (χ4v) is 2.12. The van der Waals surface area contributed by atoms with Gasteiger partial charge in [0.2, 0.25) is 0 Å². The van der Waals surface area contributed by atoms with Gasteiger partial charge < -0.3 is 4.74 Å². The second-order valence-electron chi connectivity index (χ2n) is 4.19. The maximum Gasteiger partial charge on any atom is 0.270 e. The summed E-state index contributed by atoms with van der Waals surface area (Å²) in [4.78, 5) is 10.3. The van der Waals surface area contributed by atoms with Gasteiger partial charge in [-0.25, -0.2) is 4.39 Å². The second-order valence-corrected chi connectivity index (χ2v) is 4.76. The first-order chi connectivity index (χ1) is 9.51. The zero-order valence-electron chi connectivity index (χ0n) is 10.6. The molecule has 0 radical (unpaired) electrons. The first-order valence-corrected chi connectivity index (χ1v) is 6.90. The van der Waals surface area contributed by atoms with Crippen LogP contribution in [0.25, 0.3) is 0 Å². The molecule has 2 aromatic carbocycles. The number of nitro benzene ring substituents is 1. The third-order valence-corrected chi connectivity index (χ3v) is 3.37. The average Bonchev–Trinajstić information content (AvgIpc) is 2.43. The molecule has 0 atom stereocenters. The average molecular weight is 340 g/mol. The summed E-state index contributed by atoms with van der Waals surface area (Å²) in [6.07, 6.45) is 0. The Labute approximate surface area is 123 Å². The van der Waals surface area contributed by atoms with Crippen molar-refractivity contribution in [1.29, 1.82) is 0 Å². The number of aryl methyl sites for hydroxylation is 1. The van der Waals surface area contributed by atoms with Crippen molar-refractivity contribution in [3.05, 3.63) is 63.5 Å². The molecule has 0 aromatic heterocycles. The number of rotatable bonds is 4. The molecular weight excluding hydrogens is 329 g/mol. The Kier molecular flexibility index (Phi) is 4.34. The van der Waals surface area contributed by atoms with Gasteiger partial charge in [-0.15, -0.1) is 0 Å². The van der Waals surface area contributed by atoms with Crippen LogP contribution < -0.4 is 4.74 Å². The highest BCUT2D eigenvalue weighted by Gasteiger charge is 2.12. The molecule has 0 saturated heterocycles. The van der Waals surface area contributed by atoms with E-state index < -0.39 is 10.7 Å². The molecule has 0 amide bonds. The third-order valence-electron chi connectivity index (χ3n) is 2.77. The van der Waals surface area contributed by atoms with Crippen LogP contribution >= 0.6 is 15.9 Å². The highest BCUT2D eigenvalue weighted by molar-refractivity contribution is 9.08. The monoisotopic (exact) mass is 339 g/mol. The standard InChI is InChI=1S/C14H11BrFNO3/c1-9-2-3-11(16)7-14(9)20-13-5-4-12(17(18)19)6-10(13)8-15/h2-7H,8H2,1H3. The van der Waals surface area contributed by atoms with Crippen molar-refractivity contribution in [3.63, 3.8) is 0 Å². The van der Waals surface area contributed by atoms with Gasteiger partial charge in [-0.2, -0.15) is 0 Å². The Bertz CT molecular complexity index is 661. The van der Waals surface area contributed by atoms with E-state index in [-0.39, 0.29) is 5.69 Å². The van der Waals surface area contributed by atoms with E-state index in [4.69, 9.17) is 4.74 Å². The molecule has 4 nitrogen and oxygen atoms in total. The summed E-state index contributed by atoms with van der Waals surface area (Å²) in [6.45, 7) is 1.80. The van der Waals surface area contributed by atoms with E-state index in [1.54, 1.807) is 13.0 Å². The van der Waals surface area contributed by atoms with Gasteiger partial charge in [0.1, 0.15) is 17.3 Å². The Morgan fingerprint density at radius 1 is 1.25 bits per heavy atom. The third kappa shape index (κ3) is 3.14. The Hall–Kier alpha value is -1.95. The summed E-state index contributed by atoms with van der Waals surface area (Å²) in [6, 6.07) is 8.55. The molecule has 2 aromatic rings. The van der Waals surface area contributed by atoms with Gasteiger partial charge in [0.05, 0.1) is 4.92 Å². The van der Waals surface area contributed by atoms with Gasteiger partial charge >= 0.3 is 0 Å². The fraction of sp³-hybridized carbons (Fsp3) is 0.143. The van der Waals surface area contributed by atoms with E-state index in [9.17, 15) is 14.5 Å². The highest BCUT2D eigenvalue weighted by Crippen LogP contribution is 2.32. The number of nitro groups is 1. The lowest BCUT2D eigenvalue weighted by Gasteiger charge is -2.11. The molecular formula is C14H11BrFNO3. The molecule has 6 heteroatoms. The smallest absolute Gasteiger partial charge is 0.270 e. The summed E-state index contributed by atoms with van der Waals surface area (Å²) in [5, 5.41) is 11.1. The van der Waals surface area contributed by atoms with Crippen molar-refractivity contribution in [1.82, 2.24) is 0 Å². The predicted octanol–water partition coefficient (Wildman–Crippen LogP) is 4.73. The van der Waals surface area contributed by atoms with Crippen LogP contribution in [-0.4, -0.2) is 4.92 Å². The summed E-state index contributed by atoms with van der Waals surface area (Å²) in [7, 11) is 0. The first-order valence-electron chi connectivity index (χ1n) is 5.78. The summed E-state index contributed by atoms with van der Waals surface area (Å²) in [5.74, 6) is 0.454. The van der Waals surface area contributed by atoms with Gasteiger partial charge in [-0.05, 0) is 24.6 Å². The van der Waals surface area contributed by atoms with Crippen LogP contribution in [0.1, 0.15) is 11.1 Å². The SMILES string of the molecule is Cc1ccc(F)cc1Oc1ccc([N+](=O)[O-])cc1CBr. The zero-order valence-corrected chi connectivity index (χ0v) is 12.2. The predicted molar refractivity (Wildman–Crippen MR) is 76.9 cm³/mol. The Balaban J connectivity index is 2.38. The summed E-state index contributed by atoms with van der Waals surface area (Å²) in [5.41, 5.74) is 1.40. The van der Waals surface area contributed by atoms with Crippen molar-refractivity contribution in [3.8, 4) is 11.5 Å². The summed E-state index contributed by atoms with van der Waals surface area (Å²) < 4.78 is 18.9. The normalized spacial score (nSPS) is 10.3. The van der Waals surface area contributed by atoms with Crippen LogP contribution in [0.15, 0.2) is 36.4 Å². The molecule has 0 aliphatic carbocycles. The molecule has 0 saturated carbocycles. The van der Waals surface area contributed by atoms with Gasteiger partial charge in [-0.3, -0.25) is 10.1 Å². The number of non-ortho nitro benzene ring substituents is 1. The van der Waals surface area contributed by atoms with Crippen molar-refractivity contribution in [2.45, 2.75) is 12.3 Å². The van der Waals surface area contributed by atoms with Crippen LogP contribution in [-0.2, 0) is 5.33 Å². The fourth-order valence-electron chi connectivity index (χ4n) is 1.69. The Morgan fingerprint density at radius 2 is 2.00 bits per heavy atom. The number of hydrogen-bond acceptors (Lipinski definition) is 3. The van der Waals surface area contributed by atoms with Crippen molar-refractivity contribution < 1.29 is 14.1 Å². The first kappa shape index (κ1) is 14.5. The van der Waals surface area contributed by atoms with Gasteiger partial charge in [0, 0.05) is 29.1 Å². The quantitative estimate of drug-likeness (QED) is 0.459. The number of nitrogens with zero attached hydrogens (tertiary/aromatic N) is 1. The van der Waals surface area contributed by atoms with Crippen LogP contribution in [0.5, 0.6) is 11.5 Å². The molecule has 20 heavy (non-hydrogen) atoms. The van der Waals surface area contributed by atoms with Crippen molar-refractivity contribution >= 4 is 21.6 Å². The highest BCUT2D eigenvalue weighted by atomic mass is 79.9. The van der Waals surface area contributed by atoms with Crippen LogP contribution in [0, 0.1) is 22.9 Å². The number of hydrogen-bond donors (Lipinski definition) is 0. The molecule has 0 bridgehead atoms. The summed E-state index contributed by atoms with van der Waals surface area (Å²) >= 11 is 3.26.